The minimum atomic E-state index is -0.539. The summed E-state index contributed by atoms with van der Waals surface area (Å²) in [5.74, 6) is -0.0328. The summed E-state index contributed by atoms with van der Waals surface area (Å²) in [6.07, 6.45) is 5.90. The molecule has 0 bridgehead atoms. The van der Waals surface area contributed by atoms with Crippen LogP contribution in [0.1, 0.15) is 118 Å². The van der Waals surface area contributed by atoms with Crippen molar-refractivity contribution in [2.75, 3.05) is 39.0 Å². The van der Waals surface area contributed by atoms with Crippen LogP contribution in [0.3, 0.4) is 0 Å². The molecule has 1 aliphatic carbocycles. The fourth-order valence-corrected chi connectivity index (χ4v) is 8.46. The number of hydrogen-bond acceptors (Lipinski definition) is 8. The Morgan fingerprint density at radius 1 is 0.895 bits per heavy atom. The van der Waals surface area contributed by atoms with E-state index in [1.54, 1.807) is 30.1 Å². The number of hydrogen-bond donors (Lipinski definition) is 2. The lowest BCUT2D eigenvalue weighted by atomic mass is 9.71. The first-order chi connectivity index (χ1) is 27.1. The highest BCUT2D eigenvalue weighted by Gasteiger charge is 2.50. The molecule has 1 saturated carbocycles. The van der Waals surface area contributed by atoms with Crippen molar-refractivity contribution in [3.8, 4) is 0 Å². The standard InChI is InChI=1S/C43H55N9O5/c1-28-36-43(19-8-20-43)50(27-31-9-13-32(14-10-31)40(55)48(6)7)23-24-51(36)37(46-28)39(54)44-25-30-11-15-33(16-12-30)47-38(53)35-26-45-52(29(35)2)34-17-21-49(22-18-34)41(56)57-42(3,4)5/h9-16,26,34H,8,17-25,27H2,1-7H3,(H,44,54)(H,47,53). The van der Waals surface area contributed by atoms with Crippen LogP contribution >= 0.6 is 0 Å². The summed E-state index contributed by atoms with van der Waals surface area (Å²) in [7, 11) is 3.52. The molecule has 57 heavy (non-hydrogen) atoms. The zero-order chi connectivity index (χ0) is 40.6. The summed E-state index contributed by atoms with van der Waals surface area (Å²) in [6, 6.07) is 15.4. The SMILES string of the molecule is Cc1nc(C(=O)NCc2ccc(NC(=O)c3cnn(C4CCN(C(=O)OC(C)(C)C)CC4)c3C)cc2)n2c1C1(CCC1)N(Cc1ccc(C(=O)N(C)C)cc1)CC2. The minimum absolute atomic E-state index is 0.00951. The Labute approximate surface area is 334 Å². The molecule has 2 aromatic heterocycles. The molecule has 1 spiro atoms. The van der Waals surface area contributed by atoms with Crippen LogP contribution < -0.4 is 10.6 Å². The molecule has 2 fully saturated rings. The van der Waals surface area contributed by atoms with Gasteiger partial charge in [-0.1, -0.05) is 24.3 Å². The van der Waals surface area contributed by atoms with E-state index < -0.39 is 5.60 Å². The molecule has 4 heterocycles. The number of amides is 4. The largest absolute Gasteiger partial charge is 0.444 e. The van der Waals surface area contributed by atoms with Crippen LogP contribution in [0.5, 0.6) is 0 Å². The van der Waals surface area contributed by atoms with Crippen LogP contribution in [0.15, 0.2) is 54.7 Å². The van der Waals surface area contributed by atoms with Crippen LogP contribution in [0, 0.1) is 13.8 Å². The molecule has 14 heteroatoms. The summed E-state index contributed by atoms with van der Waals surface area (Å²) in [4.78, 5) is 62.5. The number of rotatable bonds is 9. The maximum Gasteiger partial charge on any atom is 0.410 e. The maximum atomic E-state index is 13.6. The Morgan fingerprint density at radius 2 is 1.56 bits per heavy atom. The Balaban J connectivity index is 0.933. The Morgan fingerprint density at radius 3 is 2.18 bits per heavy atom. The third kappa shape index (κ3) is 8.18. The number of carbonyl (C=O) groups is 4. The molecule has 2 aliphatic heterocycles. The van der Waals surface area contributed by atoms with Gasteiger partial charge in [0, 0.05) is 70.3 Å². The molecule has 3 aliphatic rings. The highest BCUT2D eigenvalue weighted by Crippen LogP contribution is 2.50. The zero-order valence-electron chi connectivity index (χ0n) is 34.2. The molecular weight excluding hydrogens is 723 g/mol. The number of benzene rings is 2. The second kappa shape index (κ2) is 15.8. The van der Waals surface area contributed by atoms with Gasteiger partial charge in [0.05, 0.1) is 34.7 Å². The summed E-state index contributed by atoms with van der Waals surface area (Å²) in [5.41, 5.74) is 5.96. The predicted octanol–water partition coefficient (Wildman–Crippen LogP) is 6.05. The molecule has 0 radical (unpaired) electrons. The van der Waals surface area contributed by atoms with Crippen molar-refractivity contribution in [1.82, 2.24) is 39.3 Å². The van der Waals surface area contributed by atoms with Crippen molar-refractivity contribution < 1.29 is 23.9 Å². The Hall–Kier alpha value is -5.50. The van der Waals surface area contributed by atoms with Crippen LogP contribution in [0.4, 0.5) is 10.5 Å². The molecule has 14 nitrogen and oxygen atoms in total. The average Bonchev–Trinajstić information content (AvgIpc) is 3.72. The van der Waals surface area contributed by atoms with Crippen LogP contribution in [0.2, 0.25) is 0 Å². The van der Waals surface area contributed by atoms with E-state index in [2.05, 4.69) is 25.2 Å². The second-order valence-corrected chi connectivity index (χ2v) is 16.8. The van der Waals surface area contributed by atoms with Gasteiger partial charge in [0.1, 0.15) is 5.60 Å². The average molecular weight is 778 g/mol. The normalized spacial score (nSPS) is 16.8. The summed E-state index contributed by atoms with van der Waals surface area (Å²) >= 11 is 0. The lowest BCUT2D eigenvalue weighted by Gasteiger charge is -2.53. The van der Waals surface area contributed by atoms with Gasteiger partial charge in [-0.15, -0.1) is 0 Å². The van der Waals surface area contributed by atoms with E-state index >= 15 is 0 Å². The van der Waals surface area contributed by atoms with Gasteiger partial charge in [-0.05, 0) is 102 Å². The highest BCUT2D eigenvalue weighted by atomic mass is 16.6. The molecule has 0 unspecified atom stereocenters. The summed E-state index contributed by atoms with van der Waals surface area (Å²) < 4.78 is 9.54. The van der Waals surface area contributed by atoms with E-state index in [1.165, 1.54) is 0 Å². The smallest absolute Gasteiger partial charge is 0.410 e. The van der Waals surface area contributed by atoms with Gasteiger partial charge in [0.2, 0.25) is 0 Å². The number of imidazole rings is 1. The monoisotopic (exact) mass is 777 g/mol. The number of nitrogens with one attached hydrogen (secondary N) is 2. The summed E-state index contributed by atoms with van der Waals surface area (Å²) in [6.45, 7) is 13.2. The van der Waals surface area contributed by atoms with Crippen molar-refractivity contribution in [1.29, 1.82) is 0 Å². The first-order valence-corrected chi connectivity index (χ1v) is 20.0. The molecule has 4 aromatic rings. The van der Waals surface area contributed by atoms with E-state index in [9.17, 15) is 19.2 Å². The van der Waals surface area contributed by atoms with E-state index in [1.807, 2.05) is 87.8 Å². The Bertz CT molecular complexity index is 2130. The zero-order valence-corrected chi connectivity index (χ0v) is 34.2. The number of piperidine rings is 1. The van der Waals surface area contributed by atoms with E-state index in [-0.39, 0.29) is 35.4 Å². The molecule has 4 amide bonds. The van der Waals surface area contributed by atoms with E-state index in [0.717, 1.165) is 73.4 Å². The fourth-order valence-electron chi connectivity index (χ4n) is 8.46. The molecular formula is C43H55N9O5. The number of aromatic nitrogens is 4. The van der Waals surface area contributed by atoms with Crippen LogP contribution in [0.25, 0.3) is 0 Å². The number of aryl methyl sites for hydroxylation is 1. The minimum Gasteiger partial charge on any atom is -0.444 e. The molecule has 2 N–H and O–H groups in total. The van der Waals surface area contributed by atoms with E-state index in [0.29, 0.717) is 48.8 Å². The number of fused-ring (bicyclic) bond motifs is 2. The van der Waals surface area contributed by atoms with Crippen LogP contribution in [-0.2, 0) is 29.9 Å². The fraction of sp³-hybridized carbons (Fsp3) is 0.488. The number of carbonyl (C=O) groups excluding carboxylic acids is 4. The first-order valence-electron chi connectivity index (χ1n) is 20.0. The maximum absolute atomic E-state index is 13.6. The van der Waals surface area contributed by atoms with E-state index in [4.69, 9.17) is 9.72 Å². The van der Waals surface area contributed by atoms with Gasteiger partial charge in [0.15, 0.2) is 5.82 Å². The van der Waals surface area contributed by atoms with Crippen molar-refractivity contribution in [3.63, 3.8) is 0 Å². The van der Waals surface area contributed by atoms with Gasteiger partial charge < -0.3 is 29.7 Å². The van der Waals surface area contributed by atoms with Gasteiger partial charge in [-0.2, -0.15) is 5.10 Å². The lowest BCUT2D eigenvalue weighted by molar-refractivity contribution is -0.0222. The highest BCUT2D eigenvalue weighted by molar-refractivity contribution is 6.05. The quantitative estimate of drug-likeness (QED) is 0.209. The van der Waals surface area contributed by atoms with Gasteiger partial charge in [-0.3, -0.25) is 24.0 Å². The molecule has 302 valence electrons. The number of likely N-dealkylation sites (tertiary alicyclic amines) is 1. The molecule has 7 rings (SSSR count). The van der Waals surface area contributed by atoms with Crippen molar-refractivity contribution in [2.45, 2.75) is 104 Å². The van der Waals surface area contributed by atoms with Gasteiger partial charge in [-0.25, -0.2) is 9.78 Å². The number of nitrogens with zero attached hydrogens (tertiary/aromatic N) is 7. The number of anilines is 1. The van der Waals surface area contributed by atoms with Crippen molar-refractivity contribution in [2.24, 2.45) is 0 Å². The van der Waals surface area contributed by atoms with Crippen molar-refractivity contribution in [3.05, 3.63) is 99.9 Å². The second-order valence-electron chi connectivity index (χ2n) is 16.8. The molecule has 0 atom stereocenters. The molecule has 1 saturated heterocycles. The van der Waals surface area contributed by atoms with Crippen molar-refractivity contribution >= 4 is 29.5 Å². The van der Waals surface area contributed by atoms with Gasteiger partial charge >= 0.3 is 6.09 Å². The topological polar surface area (TPSA) is 147 Å². The van der Waals surface area contributed by atoms with Gasteiger partial charge in [0.25, 0.3) is 17.7 Å². The lowest BCUT2D eigenvalue weighted by Crippen LogP contribution is -2.56. The predicted molar refractivity (Wildman–Crippen MR) is 216 cm³/mol. The third-order valence-electron chi connectivity index (χ3n) is 11.6. The Kier molecular flexibility index (Phi) is 11.0. The summed E-state index contributed by atoms with van der Waals surface area (Å²) in [5, 5.41) is 10.6. The number of ether oxygens (including phenoxy) is 1. The van der Waals surface area contributed by atoms with Crippen LogP contribution in [-0.4, -0.2) is 97.2 Å². The molecule has 2 aromatic carbocycles. The third-order valence-corrected chi connectivity index (χ3v) is 11.6. The first kappa shape index (κ1) is 39.7.